The van der Waals surface area contributed by atoms with Gasteiger partial charge in [-0.2, -0.15) is 0 Å². The van der Waals surface area contributed by atoms with E-state index >= 15 is 0 Å². The van der Waals surface area contributed by atoms with Crippen LogP contribution in [0.3, 0.4) is 0 Å². The lowest BCUT2D eigenvalue weighted by Gasteiger charge is -2.33. The average molecular weight is 283 g/mol. The third kappa shape index (κ3) is 3.19. The molecule has 0 aliphatic carbocycles. The van der Waals surface area contributed by atoms with Crippen LogP contribution in [0.5, 0.6) is 0 Å². The molecule has 19 heavy (non-hydrogen) atoms. The normalized spacial score (nSPS) is 21.2. The molecule has 2 atom stereocenters. The number of nitrogens with zero attached hydrogens (tertiary/aromatic N) is 1. The molecule has 1 aliphatic rings. The molecule has 3 N–H and O–H groups in total. The van der Waals surface area contributed by atoms with Gasteiger partial charge in [0, 0.05) is 13.1 Å². The molecule has 0 radical (unpaired) electrons. The molecule has 2 rings (SSSR count). The minimum Gasteiger partial charge on any atom is -0.389 e. The molecule has 104 valence electrons. The van der Waals surface area contributed by atoms with Crippen LogP contribution in [0.2, 0.25) is 5.02 Å². The average Bonchev–Trinajstić information content (AvgIpc) is 2.38. The highest BCUT2D eigenvalue weighted by molar-refractivity contribution is 6.33. The smallest absolute Gasteiger partial charge is 0.222 e. The Balaban J connectivity index is 2.19. The van der Waals surface area contributed by atoms with Crippen LogP contribution in [0.1, 0.15) is 31.4 Å². The highest BCUT2D eigenvalue weighted by atomic mass is 35.5. The summed E-state index contributed by atoms with van der Waals surface area (Å²) in [6, 6.07) is 5.53. The van der Waals surface area contributed by atoms with E-state index in [0.29, 0.717) is 11.6 Å². The van der Waals surface area contributed by atoms with Crippen LogP contribution < -0.4 is 10.6 Å². The second kappa shape index (κ2) is 5.80. The van der Waals surface area contributed by atoms with Gasteiger partial charge in [-0.3, -0.25) is 4.79 Å². The molecule has 1 aromatic carbocycles. The van der Waals surface area contributed by atoms with Crippen LogP contribution in [0.4, 0.5) is 5.69 Å². The van der Waals surface area contributed by atoms with Gasteiger partial charge in [0.1, 0.15) is 0 Å². The number of halogens is 1. The molecule has 2 unspecified atom stereocenters. The maximum absolute atomic E-state index is 11.3. The first-order chi connectivity index (χ1) is 8.99. The van der Waals surface area contributed by atoms with Crippen molar-refractivity contribution < 1.29 is 9.90 Å². The number of amides is 1. The number of primary amides is 1. The number of piperidine rings is 1. The van der Waals surface area contributed by atoms with Crippen LogP contribution in [0.25, 0.3) is 0 Å². The molecule has 0 bridgehead atoms. The van der Waals surface area contributed by atoms with Crippen molar-refractivity contribution in [3.05, 3.63) is 28.8 Å². The van der Waals surface area contributed by atoms with E-state index in [9.17, 15) is 9.90 Å². The highest BCUT2D eigenvalue weighted by Crippen LogP contribution is 2.31. The van der Waals surface area contributed by atoms with E-state index in [1.165, 1.54) is 0 Å². The molecule has 0 saturated carbocycles. The van der Waals surface area contributed by atoms with Crippen LogP contribution in [-0.4, -0.2) is 24.1 Å². The molecule has 1 aliphatic heterocycles. The zero-order valence-electron chi connectivity index (χ0n) is 11.0. The Morgan fingerprint density at radius 1 is 1.58 bits per heavy atom. The van der Waals surface area contributed by atoms with Crippen LogP contribution >= 0.6 is 11.6 Å². The Hall–Kier alpha value is -1.26. The van der Waals surface area contributed by atoms with Gasteiger partial charge in [0.25, 0.3) is 0 Å². The van der Waals surface area contributed by atoms with Crippen LogP contribution in [-0.2, 0) is 4.79 Å². The Labute approximate surface area is 118 Å². The van der Waals surface area contributed by atoms with E-state index < -0.39 is 6.10 Å². The molecular formula is C14H19ClN2O2. The first-order valence-corrected chi connectivity index (χ1v) is 6.88. The lowest BCUT2D eigenvalue weighted by Crippen LogP contribution is -2.41. The van der Waals surface area contributed by atoms with Crippen LogP contribution in [0, 0.1) is 5.92 Å². The molecule has 1 aromatic rings. The van der Waals surface area contributed by atoms with Crippen molar-refractivity contribution in [1.29, 1.82) is 0 Å². The predicted molar refractivity (Wildman–Crippen MR) is 76.2 cm³/mol. The second-order valence-electron chi connectivity index (χ2n) is 5.07. The molecule has 5 heteroatoms. The van der Waals surface area contributed by atoms with Gasteiger partial charge in [0.15, 0.2) is 0 Å². The quantitative estimate of drug-likeness (QED) is 0.892. The van der Waals surface area contributed by atoms with Gasteiger partial charge in [0.2, 0.25) is 5.91 Å². The number of rotatable bonds is 3. The summed E-state index contributed by atoms with van der Waals surface area (Å²) in [4.78, 5) is 13.4. The third-order valence-electron chi connectivity index (χ3n) is 3.62. The molecule has 1 amide bonds. The molecule has 1 fully saturated rings. The standard InChI is InChI=1S/C14H19ClN2O2/c1-9(18)10-4-5-13(12(15)7-10)17-6-2-3-11(8-17)14(16)19/h4-5,7,9,11,18H,2-3,6,8H2,1H3,(H2,16,19). The van der Waals surface area contributed by atoms with Gasteiger partial charge in [-0.05, 0) is 37.5 Å². The van der Waals surface area contributed by atoms with E-state index in [-0.39, 0.29) is 11.8 Å². The minimum absolute atomic E-state index is 0.110. The van der Waals surface area contributed by atoms with Gasteiger partial charge in [0.05, 0.1) is 22.7 Å². The minimum atomic E-state index is -0.536. The summed E-state index contributed by atoms with van der Waals surface area (Å²) in [5.41, 5.74) is 7.07. The van der Waals surface area contributed by atoms with Gasteiger partial charge < -0.3 is 15.7 Å². The zero-order chi connectivity index (χ0) is 14.0. The number of aliphatic hydroxyl groups is 1. The largest absolute Gasteiger partial charge is 0.389 e. The van der Waals surface area contributed by atoms with Crippen molar-refractivity contribution in [2.24, 2.45) is 11.7 Å². The summed E-state index contributed by atoms with van der Waals surface area (Å²) in [5.74, 6) is -0.359. The number of hydrogen-bond donors (Lipinski definition) is 2. The van der Waals surface area contributed by atoms with E-state index in [1.807, 2.05) is 12.1 Å². The Morgan fingerprint density at radius 3 is 2.89 bits per heavy atom. The maximum atomic E-state index is 11.3. The summed E-state index contributed by atoms with van der Waals surface area (Å²) in [7, 11) is 0. The fourth-order valence-corrected chi connectivity index (χ4v) is 2.78. The number of hydrogen-bond acceptors (Lipinski definition) is 3. The topological polar surface area (TPSA) is 66.6 Å². The summed E-state index contributed by atoms with van der Waals surface area (Å²) < 4.78 is 0. The highest BCUT2D eigenvalue weighted by Gasteiger charge is 2.25. The summed E-state index contributed by atoms with van der Waals surface area (Å²) in [5, 5.41) is 10.1. The number of benzene rings is 1. The van der Waals surface area contributed by atoms with Crippen molar-refractivity contribution in [3.8, 4) is 0 Å². The van der Waals surface area contributed by atoms with Crippen molar-refractivity contribution in [2.45, 2.75) is 25.9 Å². The monoisotopic (exact) mass is 282 g/mol. The van der Waals surface area contributed by atoms with Gasteiger partial charge in [-0.25, -0.2) is 0 Å². The molecule has 1 saturated heterocycles. The summed E-state index contributed by atoms with van der Waals surface area (Å²) in [6.07, 6.45) is 1.24. The van der Waals surface area contributed by atoms with Crippen molar-refractivity contribution in [3.63, 3.8) is 0 Å². The number of carbonyl (C=O) groups is 1. The van der Waals surface area contributed by atoms with E-state index in [4.69, 9.17) is 17.3 Å². The Kier molecular flexibility index (Phi) is 4.32. The van der Waals surface area contributed by atoms with E-state index in [0.717, 1.165) is 30.6 Å². The Bertz CT molecular complexity index is 477. The molecular weight excluding hydrogens is 264 g/mol. The lowest BCUT2D eigenvalue weighted by molar-refractivity contribution is -0.122. The lowest BCUT2D eigenvalue weighted by atomic mass is 9.97. The van der Waals surface area contributed by atoms with Gasteiger partial charge in [-0.15, -0.1) is 0 Å². The third-order valence-corrected chi connectivity index (χ3v) is 3.92. The number of aliphatic hydroxyl groups excluding tert-OH is 1. The molecule has 1 heterocycles. The number of carbonyl (C=O) groups excluding carboxylic acids is 1. The van der Waals surface area contributed by atoms with E-state index in [1.54, 1.807) is 13.0 Å². The van der Waals surface area contributed by atoms with Crippen molar-refractivity contribution in [2.75, 3.05) is 18.0 Å². The fourth-order valence-electron chi connectivity index (χ4n) is 2.47. The molecule has 0 spiro atoms. The van der Waals surface area contributed by atoms with E-state index in [2.05, 4.69) is 4.90 Å². The Morgan fingerprint density at radius 2 is 2.32 bits per heavy atom. The fraction of sp³-hybridized carbons (Fsp3) is 0.500. The summed E-state index contributed by atoms with van der Waals surface area (Å²) >= 11 is 6.27. The van der Waals surface area contributed by atoms with Crippen LogP contribution in [0.15, 0.2) is 18.2 Å². The van der Waals surface area contributed by atoms with Crippen molar-refractivity contribution >= 4 is 23.2 Å². The SMILES string of the molecule is CC(O)c1ccc(N2CCCC(C(N)=O)C2)c(Cl)c1. The van der Waals surface area contributed by atoms with Crippen molar-refractivity contribution in [1.82, 2.24) is 0 Å². The number of nitrogens with two attached hydrogens (primary N) is 1. The second-order valence-corrected chi connectivity index (χ2v) is 5.48. The summed E-state index contributed by atoms with van der Waals surface area (Å²) in [6.45, 7) is 3.19. The predicted octanol–water partition coefficient (Wildman–Crippen LogP) is 2.09. The van der Waals surface area contributed by atoms with Gasteiger partial charge >= 0.3 is 0 Å². The van der Waals surface area contributed by atoms with Gasteiger partial charge in [-0.1, -0.05) is 17.7 Å². The first kappa shape index (κ1) is 14.2. The molecule has 4 nitrogen and oxygen atoms in total. The first-order valence-electron chi connectivity index (χ1n) is 6.51. The zero-order valence-corrected chi connectivity index (χ0v) is 11.7. The maximum Gasteiger partial charge on any atom is 0.222 e. The number of anilines is 1. The molecule has 0 aromatic heterocycles.